The molecule has 2 aromatic heterocycles. The number of amides is 1. The quantitative estimate of drug-likeness (QED) is 0.781. The number of carbonyl (C=O) groups is 1. The van der Waals surface area contributed by atoms with Crippen LogP contribution >= 0.6 is 11.3 Å². The van der Waals surface area contributed by atoms with Crippen molar-refractivity contribution in [2.75, 3.05) is 18.0 Å². The zero-order chi connectivity index (χ0) is 14.9. The molecule has 4 rings (SSSR count). The van der Waals surface area contributed by atoms with Gasteiger partial charge in [-0.2, -0.15) is 0 Å². The summed E-state index contributed by atoms with van der Waals surface area (Å²) in [6.07, 6.45) is 4.66. The minimum Gasteiger partial charge on any atom is -0.361 e. The Kier molecular flexibility index (Phi) is 3.31. The smallest absolute Gasteiger partial charge is 0.251 e. The van der Waals surface area contributed by atoms with Crippen LogP contribution in [0.25, 0.3) is 10.9 Å². The summed E-state index contributed by atoms with van der Waals surface area (Å²) in [6.45, 7) is 1.76. The van der Waals surface area contributed by atoms with Crippen LogP contribution in [0.2, 0.25) is 0 Å². The standard InChI is InChI=1S/C16H16N4OS/c21-15(12-2-1-11-3-5-17-14(11)9-12)19-13-4-7-20(10-13)16-18-6-8-22-16/h1-3,5-6,8-9,13,17H,4,7,10H2,(H,19,21). The summed E-state index contributed by atoms with van der Waals surface area (Å²) in [5.74, 6) is -0.0116. The number of rotatable bonds is 3. The number of fused-ring (bicyclic) bond motifs is 1. The molecule has 0 saturated carbocycles. The van der Waals surface area contributed by atoms with E-state index in [2.05, 4.69) is 20.2 Å². The van der Waals surface area contributed by atoms with Crippen molar-refractivity contribution >= 4 is 33.3 Å². The fourth-order valence-corrected chi connectivity index (χ4v) is 3.56. The van der Waals surface area contributed by atoms with Gasteiger partial charge in [0.1, 0.15) is 0 Å². The number of benzene rings is 1. The molecule has 112 valence electrons. The Morgan fingerprint density at radius 2 is 2.36 bits per heavy atom. The van der Waals surface area contributed by atoms with Crippen LogP contribution in [0.5, 0.6) is 0 Å². The van der Waals surface area contributed by atoms with Gasteiger partial charge in [0, 0.05) is 48.0 Å². The van der Waals surface area contributed by atoms with Crippen molar-refractivity contribution in [3.05, 3.63) is 47.6 Å². The molecule has 0 radical (unpaired) electrons. The van der Waals surface area contributed by atoms with Crippen molar-refractivity contribution in [3.8, 4) is 0 Å². The van der Waals surface area contributed by atoms with Crippen LogP contribution in [0, 0.1) is 0 Å². The zero-order valence-corrected chi connectivity index (χ0v) is 12.8. The molecule has 0 spiro atoms. The Morgan fingerprint density at radius 1 is 1.41 bits per heavy atom. The predicted molar refractivity (Wildman–Crippen MR) is 88.5 cm³/mol. The first-order valence-electron chi connectivity index (χ1n) is 7.32. The fourth-order valence-electron chi connectivity index (χ4n) is 2.88. The molecule has 3 aromatic rings. The van der Waals surface area contributed by atoms with E-state index in [0.717, 1.165) is 35.5 Å². The first kappa shape index (κ1) is 13.3. The minimum atomic E-state index is -0.0116. The van der Waals surface area contributed by atoms with Crippen LogP contribution in [-0.4, -0.2) is 35.0 Å². The first-order valence-corrected chi connectivity index (χ1v) is 8.20. The van der Waals surface area contributed by atoms with Crippen molar-refractivity contribution < 1.29 is 4.79 Å². The van der Waals surface area contributed by atoms with Crippen molar-refractivity contribution in [1.29, 1.82) is 0 Å². The lowest BCUT2D eigenvalue weighted by atomic mass is 10.1. The van der Waals surface area contributed by atoms with Gasteiger partial charge in [0.15, 0.2) is 5.13 Å². The normalized spacial score (nSPS) is 18.0. The lowest BCUT2D eigenvalue weighted by molar-refractivity contribution is 0.0940. The van der Waals surface area contributed by atoms with Crippen molar-refractivity contribution in [3.63, 3.8) is 0 Å². The third-order valence-electron chi connectivity index (χ3n) is 4.03. The van der Waals surface area contributed by atoms with Gasteiger partial charge in [-0.05, 0) is 30.0 Å². The number of hydrogen-bond acceptors (Lipinski definition) is 4. The Bertz CT molecular complexity index is 795. The summed E-state index contributed by atoms with van der Waals surface area (Å²) >= 11 is 1.64. The molecule has 0 aliphatic carbocycles. The van der Waals surface area contributed by atoms with Crippen LogP contribution in [0.1, 0.15) is 16.8 Å². The average Bonchev–Trinajstić information content (AvgIpc) is 3.27. The van der Waals surface area contributed by atoms with Gasteiger partial charge in [0.25, 0.3) is 5.91 Å². The van der Waals surface area contributed by atoms with Crippen molar-refractivity contribution in [2.24, 2.45) is 0 Å². The highest BCUT2D eigenvalue weighted by Gasteiger charge is 2.25. The molecule has 1 aliphatic heterocycles. The molecule has 1 aliphatic rings. The van der Waals surface area contributed by atoms with Crippen LogP contribution in [0.3, 0.4) is 0 Å². The van der Waals surface area contributed by atoms with Gasteiger partial charge in [-0.15, -0.1) is 11.3 Å². The largest absolute Gasteiger partial charge is 0.361 e. The third kappa shape index (κ3) is 2.46. The van der Waals surface area contributed by atoms with E-state index in [1.54, 1.807) is 11.3 Å². The molecule has 1 saturated heterocycles. The van der Waals surface area contributed by atoms with Gasteiger partial charge >= 0.3 is 0 Å². The Hall–Kier alpha value is -2.34. The van der Waals surface area contributed by atoms with Gasteiger partial charge in [0.2, 0.25) is 0 Å². The van der Waals surface area contributed by atoms with Crippen molar-refractivity contribution in [1.82, 2.24) is 15.3 Å². The highest BCUT2D eigenvalue weighted by atomic mass is 32.1. The molecule has 1 fully saturated rings. The van der Waals surface area contributed by atoms with E-state index in [4.69, 9.17) is 0 Å². The maximum Gasteiger partial charge on any atom is 0.251 e. The SMILES string of the molecule is O=C(NC1CCN(c2nccs2)C1)c1ccc2cc[nH]c2c1. The number of aromatic amines is 1. The lowest BCUT2D eigenvalue weighted by Crippen LogP contribution is -2.37. The molecule has 1 atom stereocenters. The van der Waals surface area contributed by atoms with E-state index < -0.39 is 0 Å². The number of aromatic nitrogens is 2. The van der Waals surface area contributed by atoms with Gasteiger partial charge < -0.3 is 15.2 Å². The second kappa shape index (κ2) is 5.46. The summed E-state index contributed by atoms with van der Waals surface area (Å²) in [5, 5.41) is 7.26. The number of carbonyl (C=O) groups excluding carboxylic acids is 1. The number of H-pyrrole nitrogens is 1. The topological polar surface area (TPSA) is 61.0 Å². The van der Waals surface area contributed by atoms with Crippen LogP contribution < -0.4 is 10.2 Å². The predicted octanol–water partition coefficient (Wildman–Crippen LogP) is 2.63. The van der Waals surface area contributed by atoms with Crippen LogP contribution in [-0.2, 0) is 0 Å². The van der Waals surface area contributed by atoms with Gasteiger partial charge in [-0.25, -0.2) is 4.98 Å². The monoisotopic (exact) mass is 312 g/mol. The molecule has 3 heterocycles. The number of anilines is 1. The molecule has 2 N–H and O–H groups in total. The average molecular weight is 312 g/mol. The van der Waals surface area contributed by atoms with Gasteiger partial charge in [0.05, 0.1) is 0 Å². The highest BCUT2D eigenvalue weighted by molar-refractivity contribution is 7.13. The molecule has 6 heteroatoms. The molecule has 1 aromatic carbocycles. The second-order valence-corrected chi connectivity index (χ2v) is 6.37. The van der Waals surface area contributed by atoms with E-state index in [1.165, 1.54) is 0 Å². The van der Waals surface area contributed by atoms with E-state index in [-0.39, 0.29) is 11.9 Å². The maximum absolute atomic E-state index is 12.4. The number of nitrogens with one attached hydrogen (secondary N) is 2. The Labute approximate surface area is 132 Å². The fraction of sp³-hybridized carbons (Fsp3) is 0.250. The lowest BCUT2D eigenvalue weighted by Gasteiger charge is -2.15. The molecular formula is C16H16N4OS. The van der Waals surface area contributed by atoms with Crippen LogP contribution in [0.4, 0.5) is 5.13 Å². The number of thiazole rings is 1. The second-order valence-electron chi connectivity index (χ2n) is 5.50. The van der Waals surface area contributed by atoms with Crippen molar-refractivity contribution in [2.45, 2.75) is 12.5 Å². The van der Waals surface area contributed by atoms with Crippen LogP contribution in [0.15, 0.2) is 42.0 Å². The van der Waals surface area contributed by atoms with E-state index in [1.807, 2.05) is 42.0 Å². The molecule has 5 nitrogen and oxygen atoms in total. The minimum absolute atomic E-state index is 0.0116. The first-order chi connectivity index (χ1) is 10.8. The molecule has 1 unspecified atom stereocenters. The Morgan fingerprint density at radius 3 is 3.23 bits per heavy atom. The maximum atomic E-state index is 12.4. The molecule has 22 heavy (non-hydrogen) atoms. The Balaban J connectivity index is 1.43. The number of hydrogen-bond donors (Lipinski definition) is 2. The molecule has 1 amide bonds. The summed E-state index contributed by atoms with van der Waals surface area (Å²) < 4.78 is 0. The van der Waals surface area contributed by atoms with E-state index in [0.29, 0.717) is 5.56 Å². The molecule has 0 bridgehead atoms. The highest BCUT2D eigenvalue weighted by Crippen LogP contribution is 2.22. The summed E-state index contributed by atoms with van der Waals surface area (Å²) in [7, 11) is 0. The summed E-state index contributed by atoms with van der Waals surface area (Å²) in [4.78, 5) is 22.1. The van der Waals surface area contributed by atoms with E-state index in [9.17, 15) is 4.79 Å². The summed E-state index contributed by atoms with van der Waals surface area (Å²) in [6, 6.07) is 7.92. The van der Waals surface area contributed by atoms with Gasteiger partial charge in [-0.3, -0.25) is 4.79 Å². The third-order valence-corrected chi connectivity index (χ3v) is 4.86. The van der Waals surface area contributed by atoms with E-state index >= 15 is 0 Å². The van der Waals surface area contributed by atoms with Gasteiger partial charge in [-0.1, -0.05) is 6.07 Å². The summed E-state index contributed by atoms with van der Waals surface area (Å²) in [5.41, 5.74) is 1.69. The molecular weight excluding hydrogens is 296 g/mol. The number of nitrogens with zero attached hydrogens (tertiary/aromatic N) is 2. The zero-order valence-electron chi connectivity index (χ0n) is 12.0.